The van der Waals surface area contributed by atoms with E-state index in [2.05, 4.69) is 27.4 Å². The van der Waals surface area contributed by atoms with Gasteiger partial charge in [-0.2, -0.15) is 0 Å². The Labute approximate surface area is 100 Å². The summed E-state index contributed by atoms with van der Waals surface area (Å²) in [6.45, 7) is 5.66. The van der Waals surface area contributed by atoms with Gasteiger partial charge >= 0.3 is 0 Å². The second-order valence-corrected chi connectivity index (χ2v) is 3.75. The maximum Gasteiger partial charge on any atom is 0.238 e. The molecule has 0 atom stereocenters. The highest BCUT2D eigenvalue weighted by atomic mass is 16.5. The van der Waals surface area contributed by atoms with Gasteiger partial charge in [-0.1, -0.05) is 6.92 Å². The molecule has 17 heavy (non-hydrogen) atoms. The van der Waals surface area contributed by atoms with Gasteiger partial charge in [0.2, 0.25) is 5.88 Å². The van der Waals surface area contributed by atoms with E-state index in [1.165, 1.54) is 0 Å². The van der Waals surface area contributed by atoms with Crippen molar-refractivity contribution in [2.24, 2.45) is 0 Å². The number of pyridine rings is 1. The summed E-state index contributed by atoms with van der Waals surface area (Å²) < 4.78 is 5.61. The van der Waals surface area contributed by atoms with Crippen LogP contribution in [0.15, 0.2) is 24.4 Å². The van der Waals surface area contributed by atoms with E-state index >= 15 is 0 Å². The molecule has 0 aromatic carbocycles. The smallest absolute Gasteiger partial charge is 0.238 e. The van der Waals surface area contributed by atoms with Gasteiger partial charge in [0.05, 0.1) is 5.69 Å². The Morgan fingerprint density at radius 3 is 3.00 bits per heavy atom. The third-order valence-electron chi connectivity index (χ3n) is 2.25. The van der Waals surface area contributed by atoms with Crippen molar-refractivity contribution in [3.63, 3.8) is 0 Å². The summed E-state index contributed by atoms with van der Waals surface area (Å²) >= 11 is 0. The molecule has 0 aliphatic rings. The summed E-state index contributed by atoms with van der Waals surface area (Å²) in [6.07, 6.45) is 1.74. The number of hydrogen-bond acceptors (Lipinski definition) is 4. The van der Waals surface area contributed by atoms with Crippen LogP contribution >= 0.6 is 0 Å². The van der Waals surface area contributed by atoms with Crippen molar-refractivity contribution in [3.05, 3.63) is 35.8 Å². The van der Waals surface area contributed by atoms with E-state index in [0.29, 0.717) is 5.88 Å². The molecule has 5 heteroatoms. The Hall–Kier alpha value is -1.88. The Balaban J connectivity index is 2.05. The average Bonchev–Trinajstić information content (AvgIpc) is 2.73. The van der Waals surface area contributed by atoms with Gasteiger partial charge in [-0.25, -0.2) is 0 Å². The minimum Gasteiger partial charge on any atom is -0.437 e. The Kier molecular flexibility index (Phi) is 3.72. The normalized spacial score (nSPS) is 10.5. The lowest BCUT2D eigenvalue weighted by Gasteiger charge is -2.04. The third kappa shape index (κ3) is 3.29. The summed E-state index contributed by atoms with van der Waals surface area (Å²) in [4.78, 5) is 4.25. The van der Waals surface area contributed by atoms with Crippen LogP contribution in [0, 0.1) is 6.92 Å². The van der Waals surface area contributed by atoms with Crippen molar-refractivity contribution >= 4 is 0 Å². The lowest BCUT2D eigenvalue weighted by Crippen LogP contribution is -2.12. The molecule has 0 amide bonds. The predicted octanol–water partition coefficient (Wildman–Crippen LogP) is 2.01. The number of aromatic nitrogens is 3. The molecule has 90 valence electrons. The molecule has 0 aliphatic heterocycles. The van der Waals surface area contributed by atoms with E-state index in [4.69, 9.17) is 4.74 Å². The van der Waals surface area contributed by atoms with Crippen LogP contribution in [0.25, 0.3) is 0 Å². The van der Waals surface area contributed by atoms with Crippen LogP contribution in [-0.2, 0) is 6.54 Å². The molecule has 0 saturated carbocycles. The number of aryl methyl sites for hydroxylation is 1. The highest BCUT2D eigenvalue weighted by Gasteiger charge is 2.02. The monoisotopic (exact) mass is 232 g/mol. The number of hydrogen-bond donors (Lipinski definition) is 2. The molecule has 0 aliphatic carbocycles. The highest BCUT2D eigenvalue weighted by Crippen LogP contribution is 2.19. The zero-order valence-corrected chi connectivity index (χ0v) is 10.0. The third-order valence-corrected chi connectivity index (χ3v) is 2.25. The topological polar surface area (TPSA) is 62.8 Å². The van der Waals surface area contributed by atoms with Crippen molar-refractivity contribution in [1.29, 1.82) is 0 Å². The lowest BCUT2D eigenvalue weighted by molar-refractivity contribution is 0.459. The molecule has 0 spiro atoms. The minimum atomic E-state index is 0.572. The average molecular weight is 232 g/mol. The minimum absolute atomic E-state index is 0.572. The van der Waals surface area contributed by atoms with Gasteiger partial charge in [-0.3, -0.25) is 10.1 Å². The fourth-order valence-electron chi connectivity index (χ4n) is 1.44. The van der Waals surface area contributed by atoms with E-state index in [9.17, 15) is 0 Å². The number of nitrogens with one attached hydrogen (secondary N) is 2. The van der Waals surface area contributed by atoms with Crippen LogP contribution in [0.1, 0.15) is 18.3 Å². The van der Waals surface area contributed by atoms with Crippen LogP contribution in [0.4, 0.5) is 0 Å². The Morgan fingerprint density at radius 2 is 2.29 bits per heavy atom. The van der Waals surface area contributed by atoms with Gasteiger partial charge < -0.3 is 10.1 Å². The largest absolute Gasteiger partial charge is 0.437 e. The van der Waals surface area contributed by atoms with Crippen molar-refractivity contribution in [3.8, 4) is 11.6 Å². The van der Waals surface area contributed by atoms with Gasteiger partial charge in [0, 0.05) is 30.6 Å². The molecule has 0 radical (unpaired) electrons. The summed E-state index contributed by atoms with van der Waals surface area (Å²) in [5.41, 5.74) is 1.93. The quantitative estimate of drug-likeness (QED) is 0.827. The number of H-pyrrole nitrogens is 1. The lowest BCUT2D eigenvalue weighted by atomic mass is 10.3. The van der Waals surface area contributed by atoms with Crippen molar-refractivity contribution in [2.45, 2.75) is 20.4 Å². The van der Waals surface area contributed by atoms with E-state index < -0.39 is 0 Å². The Bertz CT molecular complexity index is 481. The van der Waals surface area contributed by atoms with Crippen molar-refractivity contribution in [2.75, 3.05) is 6.54 Å². The van der Waals surface area contributed by atoms with Crippen LogP contribution in [0.3, 0.4) is 0 Å². The molecule has 0 fully saturated rings. The Morgan fingerprint density at radius 1 is 1.41 bits per heavy atom. The molecule has 0 saturated heterocycles. The summed E-state index contributed by atoms with van der Waals surface area (Å²) in [6, 6.07) is 5.58. The number of ether oxygens (including phenoxy) is 1. The fourth-order valence-corrected chi connectivity index (χ4v) is 1.44. The first-order valence-electron chi connectivity index (χ1n) is 5.63. The van der Waals surface area contributed by atoms with Crippen LogP contribution < -0.4 is 10.1 Å². The van der Waals surface area contributed by atoms with Gasteiger partial charge in [-0.15, -0.1) is 5.10 Å². The zero-order chi connectivity index (χ0) is 12.1. The molecule has 2 heterocycles. The molecule has 0 bridgehead atoms. The maximum atomic E-state index is 5.61. The molecule has 2 aromatic rings. The second kappa shape index (κ2) is 5.45. The molecule has 5 nitrogen and oxygen atoms in total. The number of rotatable bonds is 5. The van der Waals surface area contributed by atoms with E-state index in [1.54, 1.807) is 6.20 Å². The van der Waals surface area contributed by atoms with Crippen molar-refractivity contribution < 1.29 is 4.74 Å². The van der Waals surface area contributed by atoms with Gasteiger partial charge in [0.1, 0.15) is 5.75 Å². The van der Waals surface area contributed by atoms with Crippen LogP contribution in [-0.4, -0.2) is 21.7 Å². The molecular formula is C12H16N4O. The first kappa shape index (κ1) is 11.6. The molecule has 2 N–H and O–H groups in total. The summed E-state index contributed by atoms with van der Waals surface area (Å²) in [7, 11) is 0. The zero-order valence-electron chi connectivity index (χ0n) is 10.0. The van der Waals surface area contributed by atoms with E-state index in [-0.39, 0.29) is 0 Å². The number of aromatic amines is 1. The molecule has 0 unspecified atom stereocenters. The SMILES string of the molecule is CCNCc1cc(Oc2cc(C)[nH]n2)ccn1. The second-order valence-electron chi connectivity index (χ2n) is 3.75. The van der Waals surface area contributed by atoms with Gasteiger partial charge in [0.15, 0.2) is 0 Å². The first-order valence-corrected chi connectivity index (χ1v) is 5.63. The highest BCUT2D eigenvalue weighted by molar-refractivity contribution is 5.27. The summed E-state index contributed by atoms with van der Waals surface area (Å²) in [5, 5.41) is 10.1. The number of nitrogens with zero attached hydrogens (tertiary/aromatic N) is 2. The van der Waals surface area contributed by atoms with Crippen molar-refractivity contribution in [1.82, 2.24) is 20.5 Å². The maximum absolute atomic E-state index is 5.61. The first-order chi connectivity index (χ1) is 8.28. The van der Waals surface area contributed by atoms with Gasteiger partial charge in [-0.05, 0) is 19.5 Å². The van der Waals surface area contributed by atoms with Crippen LogP contribution in [0.2, 0.25) is 0 Å². The summed E-state index contributed by atoms with van der Waals surface area (Å²) in [5.74, 6) is 1.32. The molecular weight excluding hydrogens is 216 g/mol. The molecule has 2 aromatic heterocycles. The van der Waals surface area contributed by atoms with E-state index in [0.717, 1.165) is 30.2 Å². The molecule has 2 rings (SSSR count). The predicted molar refractivity (Wildman–Crippen MR) is 65.0 cm³/mol. The van der Waals surface area contributed by atoms with Gasteiger partial charge in [0.25, 0.3) is 0 Å². The fraction of sp³-hybridized carbons (Fsp3) is 0.333. The van der Waals surface area contributed by atoms with E-state index in [1.807, 2.05) is 25.1 Å². The van der Waals surface area contributed by atoms with Crippen LogP contribution in [0.5, 0.6) is 11.6 Å². The standard InChI is InChI=1S/C12H16N4O/c1-3-13-8-10-7-11(4-5-14-10)17-12-6-9(2)15-16-12/h4-7,13H,3,8H2,1-2H3,(H,15,16).